The molecule has 9 nitrogen and oxygen atoms in total. The molecule has 0 amide bonds. The summed E-state index contributed by atoms with van der Waals surface area (Å²) in [6.45, 7) is -0.598. The Morgan fingerprint density at radius 2 is 1.41 bits per heavy atom. The van der Waals surface area contributed by atoms with Crippen LogP contribution in [0.25, 0.3) is 12.2 Å². The van der Waals surface area contributed by atoms with Crippen molar-refractivity contribution in [3.63, 3.8) is 0 Å². The summed E-state index contributed by atoms with van der Waals surface area (Å²) < 4.78 is 10.7. The zero-order chi connectivity index (χ0) is 21.1. The molecule has 7 N–H and O–H groups in total. The van der Waals surface area contributed by atoms with Gasteiger partial charge in [-0.15, -0.1) is 0 Å². The van der Waals surface area contributed by atoms with Crippen LogP contribution < -0.4 is 4.74 Å². The normalized spacial score (nSPS) is 27.2. The summed E-state index contributed by atoms with van der Waals surface area (Å²) in [6, 6.07) is 8.71. The average molecular weight is 406 g/mol. The molecule has 0 aliphatic carbocycles. The third kappa shape index (κ3) is 4.61. The molecular formula is C20H22O9. The summed E-state index contributed by atoms with van der Waals surface area (Å²) in [6.07, 6.45) is -3.96. The standard InChI is InChI=1S/C20H22O9/c21-9-16-17(25)18(26)19(27)20(29-16)28-15-8-11(4-6-13(15)23)2-1-10-3-5-12(22)14(24)7-10/h1-8,16-27H,9H2. The van der Waals surface area contributed by atoms with Crippen molar-refractivity contribution in [1.82, 2.24) is 0 Å². The Morgan fingerprint density at radius 1 is 0.793 bits per heavy atom. The fourth-order valence-corrected chi connectivity index (χ4v) is 2.86. The lowest BCUT2D eigenvalue weighted by Crippen LogP contribution is -2.60. The van der Waals surface area contributed by atoms with Gasteiger partial charge in [-0.25, -0.2) is 0 Å². The van der Waals surface area contributed by atoms with Gasteiger partial charge in [-0.05, 0) is 35.4 Å². The predicted octanol–water partition coefficient (Wildman–Crippen LogP) is 0.152. The third-order valence-electron chi connectivity index (χ3n) is 4.54. The van der Waals surface area contributed by atoms with Gasteiger partial charge in [0.25, 0.3) is 0 Å². The third-order valence-corrected chi connectivity index (χ3v) is 4.54. The summed E-state index contributed by atoms with van der Waals surface area (Å²) in [5, 5.41) is 67.9. The highest BCUT2D eigenvalue weighted by atomic mass is 16.7. The van der Waals surface area contributed by atoms with Gasteiger partial charge in [-0.1, -0.05) is 24.3 Å². The van der Waals surface area contributed by atoms with Crippen molar-refractivity contribution in [3.8, 4) is 23.0 Å². The number of aliphatic hydroxyl groups is 4. The quantitative estimate of drug-likeness (QED) is 0.271. The lowest BCUT2D eigenvalue weighted by molar-refractivity contribution is -0.277. The number of aromatic hydroxyl groups is 3. The molecule has 5 atom stereocenters. The number of rotatable bonds is 5. The van der Waals surface area contributed by atoms with Crippen LogP contribution in [0.4, 0.5) is 0 Å². The van der Waals surface area contributed by atoms with Crippen LogP contribution in [-0.4, -0.2) is 73.1 Å². The summed E-state index contributed by atoms with van der Waals surface area (Å²) in [7, 11) is 0. The summed E-state index contributed by atoms with van der Waals surface area (Å²) in [5.41, 5.74) is 1.21. The molecule has 5 unspecified atom stereocenters. The van der Waals surface area contributed by atoms with Crippen molar-refractivity contribution in [2.45, 2.75) is 30.7 Å². The first-order valence-electron chi connectivity index (χ1n) is 8.80. The van der Waals surface area contributed by atoms with E-state index in [9.17, 15) is 35.7 Å². The van der Waals surface area contributed by atoms with E-state index in [2.05, 4.69) is 0 Å². The van der Waals surface area contributed by atoms with Crippen LogP contribution in [0.2, 0.25) is 0 Å². The summed E-state index contributed by atoms with van der Waals surface area (Å²) >= 11 is 0. The first-order chi connectivity index (χ1) is 13.8. The van der Waals surface area contributed by atoms with Crippen LogP contribution >= 0.6 is 0 Å². The molecule has 0 bridgehead atoms. The van der Waals surface area contributed by atoms with E-state index in [1.165, 1.54) is 24.3 Å². The molecule has 29 heavy (non-hydrogen) atoms. The zero-order valence-electron chi connectivity index (χ0n) is 15.2. The number of aliphatic hydroxyl groups excluding tert-OH is 4. The average Bonchev–Trinajstić information content (AvgIpc) is 2.71. The molecule has 1 fully saturated rings. The molecule has 3 rings (SSSR count). The Morgan fingerprint density at radius 3 is 2.03 bits per heavy atom. The van der Waals surface area contributed by atoms with Crippen molar-refractivity contribution >= 4 is 12.2 Å². The van der Waals surface area contributed by atoms with E-state index >= 15 is 0 Å². The number of benzene rings is 2. The monoisotopic (exact) mass is 406 g/mol. The Bertz CT molecular complexity index is 880. The SMILES string of the molecule is OCC1OC(Oc2cc(C=Cc3ccc(O)c(O)c3)ccc2O)C(O)C(O)C1O. The van der Waals surface area contributed by atoms with E-state index < -0.39 is 37.3 Å². The molecule has 0 radical (unpaired) electrons. The minimum Gasteiger partial charge on any atom is -0.504 e. The van der Waals surface area contributed by atoms with Gasteiger partial charge < -0.3 is 45.2 Å². The molecule has 2 aromatic rings. The minimum atomic E-state index is -1.61. The van der Waals surface area contributed by atoms with E-state index in [1.807, 2.05) is 0 Å². The number of phenols is 3. The maximum absolute atomic E-state index is 10.1. The number of phenolic OH excluding ortho intramolecular Hbond substituents is 3. The lowest BCUT2D eigenvalue weighted by atomic mass is 9.99. The Balaban J connectivity index is 1.78. The second-order valence-electron chi connectivity index (χ2n) is 6.62. The van der Waals surface area contributed by atoms with Crippen LogP contribution in [0.3, 0.4) is 0 Å². The van der Waals surface area contributed by atoms with Crippen LogP contribution in [0.15, 0.2) is 36.4 Å². The van der Waals surface area contributed by atoms with Crippen LogP contribution in [0.5, 0.6) is 23.0 Å². The molecule has 1 heterocycles. The van der Waals surface area contributed by atoms with Gasteiger partial charge in [0.2, 0.25) is 6.29 Å². The van der Waals surface area contributed by atoms with Gasteiger partial charge >= 0.3 is 0 Å². The summed E-state index contributed by atoms with van der Waals surface area (Å²) in [4.78, 5) is 0. The van der Waals surface area contributed by atoms with Gasteiger partial charge in [-0.2, -0.15) is 0 Å². The topological polar surface area (TPSA) is 160 Å². The molecule has 1 aliphatic heterocycles. The van der Waals surface area contributed by atoms with Gasteiger partial charge in [0.1, 0.15) is 24.4 Å². The fourth-order valence-electron chi connectivity index (χ4n) is 2.86. The lowest BCUT2D eigenvalue weighted by Gasteiger charge is -2.39. The van der Waals surface area contributed by atoms with E-state index in [1.54, 1.807) is 24.3 Å². The van der Waals surface area contributed by atoms with Gasteiger partial charge in [-0.3, -0.25) is 0 Å². The number of hydrogen-bond acceptors (Lipinski definition) is 9. The van der Waals surface area contributed by atoms with Crippen LogP contribution in [0.1, 0.15) is 11.1 Å². The molecule has 0 spiro atoms. The highest BCUT2D eigenvalue weighted by Gasteiger charge is 2.44. The second-order valence-corrected chi connectivity index (χ2v) is 6.62. The van der Waals surface area contributed by atoms with E-state index in [-0.39, 0.29) is 23.0 Å². The number of hydrogen-bond donors (Lipinski definition) is 7. The van der Waals surface area contributed by atoms with Crippen LogP contribution in [0, 0.1) is 0 Å². The van der Waals surface area contributed by atoms with E-state index in [0.717, 1.165) is 0 Å². The minimum absolute atomic E-state index is 0.0509. The molecule has 1 saturated heterocycles. The van der Waals surface area contributed by atoms with Crippen LogP contribution in [-0.2, 0) is 4.74 Å². The Kier molecular flexibility index (Phi) is 6.26. The Labute approximate surface area is 165 Å². The maximum atomic E-state index is 10.1. The molecule has 156 valence electrons. The second kappa shape index (κ2) is 8.68. The van der Waals surface area contributed by atoms with Crippen molar-refractivity contribution in [2.24, 2.45) is 0 Å². The Hall–Kier alpha value is -2.82. The highest BCUT2D eigenvalue weighted by Crippen LogP contribution is 2.32. The van der Waals surface area contributed by atoms with E-state index in [4.69, 9.17) is 9.47 Å². The van der Waals surface area contributed by atoms with Crippen molar-refractivity contribution in [1.29, 1.82) is 0 Å². The predicted molar refractivity (Wildman–Crippen MR) is 101 cm³/mol. The molecule has 0 saturated carbocycles. The zero-order valence-corrected chi connectivity index (χ0v) is 15.2. The first-order valence-corrected chi connectivity index (χ1v) is 8.80. The fraction of sp³-hybridized carbons (Fsp3) is 0.300. The van der Waals surface area contributed by atoms with Gasteiger partial charge in [0.05, 0.1) is 6.61 Å². The first kappa shape index (κ1) is 20.9. The highest BCUT2D eigenvalue weighted by molar-refractivity contribution is 5.72. The largest absolute Gasteiger partial charge is 0.504 e. The molecular weight excluding hydrogens is 384 g/mol. The smallest absolute Gasteiger partial charge is 0.229 e. The summed E-state index contributed by atoms with van der Waals surface area (Å²) in [5.74, 6) is -0.794. The van der Waals surface area contributed by atoms with E-state index in [0.29, 0.717) is 11.1 Å². The molecule has 0 aromatic heterocycles. The maximum Gasteiger partial charge on any atom is 0.229 e. The molecule has 9 heteroatoms. The van der Waals surface area contributed by atoms with Gasteiger partial charge in [0, 0.05) is 0 Å². The number of ether oxygens (including phenoxy) is 2. The van der Waals surface area contributed by atoms with Crippen molar-refractivity contribution in [3.05, 3.63) is 47.5 Å². The van der Waals surface area contributed by atoms with Gasteiger partial charge in [0.15, 0.2) is 23.0 Å². The van der Waals surface area contributed by atoms with Crippen molar-refractivity contribution in [2.75, 3.05) is 6.61 Å². The van der Waals surface area contributed by atoms with Crippen molar-refractivity contribution < 1.29 is 45.2 Å². The molecule has 1 aliphatic rings. The molecule has 2 aromatic carbocycles.